The zero-order valence-electron chi connectivity index (χ0n) is 11.0. The normalized spacial score (nSPS) is 10.9. The molecule has 0 aliphatic rings. The molecule has 0 atom stereocenters. The molecule has 0 radical (unpaired) electrons. The molecule has 0 aliphatic carbocycles. The number of sulfonamides is 1. The average molecular weight is 312 g/mol. The summed E-state index contributed by atoms with van der Waals surface area (Å²) in [6.45, 7) is 2.56. The van der Waals surface area contributed by atoms with Gasteiger partial charge in [0.15, 0.2) is 5.76 Å². The molecule has 110 valence electrons. The Labute approximate surface area is 118 Å². The Morgan fingerprint density at radius 1 is 1.53 bits per heavy atom. The summed E-state index contributed by atoms with van der Waals surface area (Å²) in [7, 11) is -0.488. The number of hydrogen-bond acceptors (Lipinski definition) is 5. The Hall–Kier alpha value is -1.09. The van der Waals surface area contributed by atoms with Gasteiger partial charge in [0.25, 0.3) is 5.91 Å². The number of carbonyl (C=O) groups is 1. The van der Waals surface area contributed by atoms with Crippen LogP contribution >= 0.6 is 12.4 Å². The van der Waals surface area contributed by atoms with Gasteiger partial charge in [0, 0.05) is 26.2 Å². The van der Waals surface area contributed by atoms with Crippen LogP contribution in [0.25, 0.3) is 0 Å². The SMILES string of the molecule is CNCCN(C)C(=O)c1cc(S(N)(=O)=O)c(C)o1.Cl. The molecule has 9 heteroatoms. The van der Waals surface area contributed by atoms with Crippen LogP contribution in [0.2, 0.25) is 0 Å². The minimum Gasteiger partial charge on any atom is -0.455 e. The molecule has 0 aromatic carbocycles. The highest BCUT2D eigenvalue weighted by molar-refractivity contribution is 7.89. The molecule has 19 heavy (non-hydrogen) atoms. The summed E-state index contributed by atoms with van der Waals surface area (Å²) < 4.78 is 27.6. The minimum atomic E-state index is -3.87. The van der Waals surface area contributed by atoms with Crippen LogP contribution in [-0.2, 0) is 10.0 Å². The smallest absolute Gasteiger partial charge is 0.289 e. The third-order valence-corrected chi connectivity index (χ3v) is 3.45. The summed E-state index contributed by atoms with van der Waals surface area (Å²) in [5.74, 6) is -0.304. The first-order valence-electron chi connectivity index (χ1n) is 5.30. The molecule has 0 unspecified atom stereocenters. The number of hydrogen-bond donors (Lipinski definition) is 2. The quantitative estimate of drug-likeness (QED) is 0.793. The van der Waals surface area contributed by atoms with Crippen LogP contribution in [0.4, 0.5) is 0 Å². The highest BCUT2D eigenvalue weighted by atomic mass is 35.5. The number of carbonyl (C=O) groups excluding carboxylic acids is 1. The fourth-order valence-electron chi connectivity index (χ4n) is 1.42. The van der Waals surface area contributed by atoms with Gasteiger partial charge in [-0.2, -0.15) is 0 Å². The van der Waals surface area contributed by atoms with E-state index in [2.05, 4.69) is 5.32 Å². The molecular weight excluding hydrogens is 294 g/mol. The molecule has 1 aromatic heterocycles. The molecule has 1 heterocycles. The lowest BCUT2D eigenvalue weighted by Crippen LogP contribution is -2.32. The summed E-state index contributed by atoms with van der Waals surface area (Å²) >= 11 is 0. The first-order valence-corrected chi connectivity index (χ1v) is 6.85. The second-order valence-corrected chi connectivity index (χ2v) is 5.44. The summed E-state index contributed by atoms with van der Waals surface area (Å²) in [5, 5.41) is 7.91. The van der Waals surface area contributed by atoms with Crippen LogP contribution in [-0.4, -0.2) is 46.4 Å². The van der Waals surface area contributed by atoms with E-state index in [9.17, 15) is 13.2 Å². The number of nitrogens with one attached hydrogen (secondary N) is 1. The number of rotatable bonds is 5. The molecule has 1 aromatic rings. The molecule has 0 aliphatic heterocycles. The maximum absolute atomic E-state index is 11.9. The third kappa shape index (κ3) is 4.50. The van der Waals surface area contributed by atoms with E-state index in [0.717, 1.165) is 6.07 Å². The average Bonchev–Trinajstić information content (AvgIpc) is 2.66. The van der Waals surface area contributed by atoms with Crippen molar-refractivity contribution in [3.63, 3.8) is 0 Å². The fraction of sp³-hybridized carbons (Fsp3) is 0.500. The molecular formula is C10H18ClN3O4S. The highest BCUT2D eigenvalue weighted by Crippen LogP contribution is 2.19. The molecule has 1 rings (SSSR count). The number of primary sulfonamides is 1. The predicted molar refractivity (Wildman–Crippen MR) is 73.0 cm³/mol. The topological polar surface area (TPSA) is 106 Å². The second kappa shape index (κ2) is 6.90. The molecule has 0 fully saturated rings. The number of amides is 1. The maximum Gasteiger partial charge on any atom is 0.289 e. The van der Waals surface area contributed by atoms with Gasteiger partial charge in [-0.3, -0.25) is 4.79 Å². The van der Waals surface area contributed by atoms with Crippen LogP contribution in [0.15, 0.2) is 15.4 Å². The van der Waals surface area contributed by atoms with Gasteiger partial charge in [0.1, 0.15) is 10.7 Å². The van der Waals surface area contributed by atoms with E-state index in [-0.39, 0.29) is 34.7 Å². The Kier molecular flexibility index (Phi) is 6.50. The van der Waals surface area contributed by atoms with Crippen molar-refractivity contribution in [2.75, 3.05) is 27.2 Å². The van der Waals surface area contributed by atoms with Crippen molar-refractivity contribution in [1.29, 1.82) is 0 Å². The van der Waals surface area contributed by atoms with Crippen molar-refractivity contribution in [3.05, 3.63) is 17.6 Å². The van der Waals surface area contributed by atoms with Crippen molar-refractivity contribution >= 4 is 28.3 Å². The van der Waals surface area contributed by atoms with Gasteiger partial charge in [-0.1, -0.05) is 0 Å². The predicted octanol–water partition coefficient (Wildman–Crippen LogP) is -0.0514. The van der Waals surface area contributed by atoms with Gasteiger partial charge in [0.05, 0.1) is 0 Å². The first kappa shape index (κ1) is 17.9. The minimum absolute atomic E-state index is 0. The Balaban J connectivity index is 0.00000324. The van der Waals surface area contributed by atoms with E-state index in [4.69, 9.17) is 9.56 Å². The van der Waals surface area contributed by atoms with E-state index in [1.807, 2.05) is 0 Å². The Morgan fingerprint density at radius 3 is 2.53 bits per heavy atom. The van der Waals surface area contributed by atoms with E-state index in [1.54, 1.807) is 14.1 Å². The molecule has 0 spiro atoms. The van der Waals surface area contributed by atoms with Crippen molar-refractivity contribution in [3.8, 4) is 0 Å². The lowest BCUT2D eigenvalue weighted by atomic mass is 10.4. The standard InChI is InChI=1S/C10H17N3O4S.ClH/c1-7-9(18(11,15)16)6-8(17-7)10(14)13(3)5-4-12-2;/h6,12H,4-5H2,1-3H3,(H2,11,15,16);1H. The number of nitrogens with zero attached hydrogens (tertiary/aromatic N) is 1. The van der Waals surface area contributed by atoms with Crippen molar-refractivity contribution in [2.45, 2.75) is 11.8 Å². The summed E-state index contributed by atoms with van der Waals surface area (Å²) in [4.78, 5) is 13.2. The van der Waals surface area contributed by atoms with Gasteiger partial charge < -0.3 is 14.6 Å². The second-order valence-electron chi connectivity index (χ2n) is 3.91. The van der Waals surface area contributed by atoms with E-state index in [0.29, 0.717) is 13.1 Å². The highest BCUT2D eigenvalue weighted by Gasteiger charge is 2.22. The van der Waals surface area contributed by atoms with E-state index < -0.39 is 10.0 Å². The zero-order valence-corrected chi connectivity index (χ0v) is 12.6. The van der Waals surface area contributed by atoms with Gasteiger partial charge >= 0.3 is 0 Å². The van der Waals surface area contributed by atoms with Crippen molar-refractivity contribution < 1.29 is 17.6 Å². The molecule has 0 saturated carbocycles. The van der Waals surface area contributed by atoms with Crippen molar-refractivity contribution in [1.82, 2.24) is 10.2 Å². The summed E-state index contributed by atoms with van der Waals surface area (Å²) in [6.07, 6.45) is 0. The lowest BCUT2D eigenvalue weighted by molar-refractivity contribution is 0.0764. The number of aryl methyl sites for hydroxylation is 1. The zero-order chi connectivity index (χ0) is 13.9. The maximum atomic E-state index is 11.9. The van der Waals surface area contributed by atoms with Crippen LogP contribution in [0.5, 0.6) is 0 Å². The summed E-state index contributed by atoms with van der Waals surface area (Å²) in [5.41, 5.74) is 0. The van der Waals surface area contributed by atoms with Crippen LogP contribution in [0.1, 0.15) is 16.3 Å². The van der Waals surface area contributed by atoms with Crippen LogP contribution < -0.4 is 10.5 Å². The van der Waals surface area contributed by atoms with Crippen molar-refractivity contribution in [2.24, 2.45) is 5.14 Å². The van der Waals surface area contributed by atoms with Gasteiger partial charge in [-0.15, -0.1) is 12.4 Å². The monoisotopic (exact) mass is 311 g/mol. The van der Waals surface area contributed by atoms with E-state index in [1.165, 1.54) is 11.8 Å². The summed E-state index contributed by atoms with van der Waals surface area (Å²) in [6, 6.07) is 1.16. The molecule has 1 amide bonds. The molecule has 0 bridgehead atoms. The lowest BCUT2D eigenvalue weighted by Gasteiger charge is -2.14. The number of likely N-dealkylation sites (N-methyl/N-ethyl adjacent to an activating group) is 2. The Morgan fingerprint density at radius 2 is 2.11 bits per heavy atom. The first-order chi connectivity index (χ1) is 8.27. The number of furan rings is 1. The largest absolute Gasteiger partial charge is 0.455 e. The number of halogens is 1. The molecule has 0 saturated heterocycles. The molecule has 7 nitrogen and oxygen atoms in total. The fourth-order valence-corrected chi connectivity index (χ4v) is 2.14. The van der Waals surface area contributed by atoms with Gasteiger partial charge in [0.2, 0.25) is 10.0 Å². The number of nitrogens with two attached hydrogens (primary N) is 1. The van der Waals surface area contributed by atoms with Crippen LogP contribution in [0.3, 0.4) is 0 Å². The van der Waals surface area contributed by atoms with E-state index >= 15 is 0 Å². The third-order valence-electron chi connectivity index (χ3n) is 2.43. The van der Waals surface area contributed by atoms with Gasteiger partial charge in [-0.05, 0) is 14.0 Å². The van der Waals surface area contributed by atoms with Crippen LogP contribution in [0, 0.1) is 6.92 Å². The molecule has 3 N–H and O–H groups in total. The Bertz CT molecular complexity index is 541. The van der Waals surface area contributed by atoms with Gasteiger partial charge in [-0.25, -0.2) is 13.6 Å².